The second kappa shape index (κ2) is 9.13. The van der Waals surface area contributed by atoms with Crippen LogP contribution in [0.15, 0.2) is 36.5 Å². The minimum absolute atomic E-state index is 0.0200. The molecule has 5 rings (SSSR count). The zero-order valence-corrected chi connectivity index (χ0v) is 19.3. The van der Waals surface area contributed by atoms with Crippen molar-refractivity contribution in [1.29, 1.82) is 0 Å². The fourth-order valence-corrected chi connectivity index (χ4v) is 5.84. The molecule has 1 aromatic carbocycles. The van der Waals surface area contributed by atoms with Crippen molar-refractivity contribution in [2.24, 2.45) is 5.92 Å². The van der Waals surface area contributed by atoms with Gasteiger partial charge in [-0.1, -0.05) is 24.3 Å². The lowest BCUT2D eigenvalue weighted by molar-refractivity contribution is -0.137. The van der Waals surface area contributed by atoms with Gasteiger partial charge in [0.1, 0.15) is 5.82 Å². The predicted octanol–water partition coefficient (Wildman–Crippen LogP) is 4.25. The van der Waals surface area contributed by atoms with E-state index in [0.717, 1.165) is 55.3 Å². The number of halogens is 3. The average Bonchev–Trinajstić information content (AvgIpc) is 3.39. The van der Waals surface area contributed by atoms with Gasteiger partial charge in [-0.3, -0.25) is 0 Å². The topological polar surface area (TPSA) is 74.4 Å². The van der Waals surface area contributed by atoms with Crippen molar-refractivity contribution in [3.05, 3.63) is 47.7 Å². The van der Waals surface area contributed by atoms with Crippen LogP contribution < -0.4 is 11.1 Å². The summed E-state index contributed by atoms with van der Waals surface area (Å²) in [5.74, 6) is 0.983. The van der Waals surface area contributed by atoms with Gasteiger partial charge in [0.2, 0.25) is 0 Å². The van der Waals surface area contributed by atoms with E-state index < -0.39 is 12.6 Å². The SMILES string of the molecule is Nc1ncc(-c2ccc([C@@]34C[C@@H]3CN(CCC(F)(F)F)C4)cc2)cc1CNC1CCC(O)CC1. The number of likely N-dealkylation sites (tertiary alicyclic amines) is 1. The number of alkyl halides is 3. The number of hydrogen-bond acceptors (Lipinski definition) is 5. The highest BCUT2D eigenvalue weighted by atomic mass is 19.4. The molecular weight excluding hydrogens is 441 g/mol. The number of rotatable bonds is 7. The maximum atomic E-state index is 12.6. The number of nitrogens with two attached hydrogens (primary N) is 1. The smallest absolute Gasteiger partial charge is 0.390 e. The molecule has 2 saturated carbocycles. The lowest BCUT2D eigenvalue weighted by Crippen LogP contribution is -2.34. The Morgan fingerprint density at radius 1 is 1.12 bits per heavy atom. The third kappa shape index (κ3) is 5.09. The maximum absolute atomic E-state index is 12.6. The number of hydrogen-bond donors (Lipinski definition) is 3. The van der Waals surface area contributed by atoms with Crippen LogP contribution >= 0.6 is 0 Å². The Kier molecular flexibility index (Phi) is 6.33. The van der Waals surface area contributed by atoms with Crippen molar-refractivity contribution >= 4 is 5.82 Å². The monoisotopic (exact) mass is 474 g/mol. The van der Waals surface area contributed by atoms with Crippen molar-refractivity contribution in [3.63, 3.8) is 0 Å². The lowest BCUT2D eigenvalue weighted by atomic mass is 9.92. The van der Waals surface area contributed by atoms with E-state index in [1.807, 2.05) is 4.90 Å². The predicted molar refractivity (Wildman–Crippen MR) is 126 cm³/mol. The highest BCUT2D eigenvalue weighted by molar-refractivity contribution is 5.66. The number of anilines is 1. The van der Waals surface area contributed by atoms with E-state index in [-0.39, 0.29) is 18.1 Å². The van der Waals surface area contributed by atoms with Crippen molar-refractivity contribution in [1.82, 2.24) is 15.2 Å². The largest absolute Gasteiger partial charge is 0.393 e. The van der Waals surface area contributed by atoms with Crippen molar-refractivity contribution in [3.8, 4) is 11.1 Å². The molecular formula is C26H33F3N4O. The molecule has 1 saturated heterocycles. The van der Waals surface area contributed by atoms with E-state index in [0.29, 0.717) is 30.9 Å². The molecule has 2 aromatic rings. The molecule has 1 aliphatic heterocycles. The summed E-state index contributed by atoms with van der Waals surface area (Å²) in [6, 6.07) is 10.9. The second-order valence-electron chi connectivity index (χ2n) is 10.4. The Balaban J connectivity index is 1.22. The van der Waals surface area contributed by atoms with Crippen LogP contribution in [-0.2, 0) is 12.0 Å². The Bertz CT molecular complexity index is 1000. The Labute approximate surface area is 198 Å². The van der Waals surface area contributed by atoms with Gasteiger partial charge < -0.3 is 21.1 Å². The number of benzene rings is 1. The van der Waals surface area contributed by atoms with Crippen molar-refractivity contribution < 1.29 is 18.3 Å². The van der Waals surface area contributed by atoms with Crippen LogP contribution in [0.25, 0.3) is 11.1 Å². The van der Waals surface area contributed by atoms with Crippen LogP contribution in [0, 0.1) is 5.92 Å². The summed E-state index contributed by atoms with van der Waals surface area (Å²) in [6.07, 6.45) is 1.44. The van der Waals surface area contributed by atoms with Crippen LogP contribution in [0.4, 0.5) is 19.0 Å². The molecule has 0 spiro atoms. The molecule has 8 heteroatoms. The number of nitrogens with zero attached hydrogens (tertiary/aromatic N) is 2. The highest BCUT2D eigenvalue weighted by Gasteiger charge is 2.60. The van der Waals surface area contributed by atoms with E-state index >= 15 is 0 Å². The lowest BCUT2D eigenvalue weighted by Gasteiger charge is -2.26. The molecule has 0 radical (unpaired) electrons. The van der Waals surface area contributed by atoms with Crippen LogP contribution in [-0.4, -0.2) is 52.9 Å². The normalized spacial score (nSPS) is 29.2. The zero-order chi connectivity index (χ0) is 23.9. The minimum atomic E-state index is -4.10. The van der Waals surface area contributed by atoms with Crippen molar-refractivity contribution in [2.45, 2.75) is 68.8 Å². The molecule has 34 heavy (non-hydrogen) atoms. The Morgan fingerprint density at radius 3 is 2.56 bits per heavy atom. The average molecular weight is 475 g/mol. The van der Waals surface area contributed by atoms with Gasteiger partial charge in [0.25, 0.3) is 0 Å². The number of aliphatic hydroxyl groups is 1. The molecule has 3 fully saturated rings. The standard InChI is InChI=1S/C26H33F3N4O/c27-26(28,29)9-10-33-15-21-12-25(21,16-33)20-3-1-17(2-4-20)18-11-19(24(30)32-13-18)14-31-22-5-7-23(34)8-6-22/h1-4,11,13,21-23,31,34H,5-10,12,14-16H2,(H2,30,32)/t21-,22?,23?,25+/m1/s1. The summed E-state index contributed by atoms with van der Waals surface area (Å²) in [4.78, 5) is 6.37. The molecule has 4 N–H and O–H groups in total. The van der Waals surface area contributed by atoms with Gasteiger partial charge in [-0.05, 0) is 55.2 Å². The van der Waals surface area contributed by atoms with E-state index in [9.17, 15) is 18.3 Å². The summed E-state index contributed by atoms with van der Waals surface area (Å²) in [6.45, 7) is 2.21. The van der Waals surface area contributed by atoms with Crippen molar-refractivity contribution in [2.75, 3.05) is 25.4 Å². The number of aliphatic hydroxyl groups excluding tert-OH is 1. The fraction of sp³-hybridized carbons (Fsp3) is 0.577. The Morgan fingerprint density at radius 2 is 1.85 bits per heavy atom. The van der Waals surface area contributed by atoms with E-state index in [1.165, 1.54) is 5.56 Å². The number of nitrogens with one attached hydrogen (secondary N) is 1. The third-order valence-corrected chi connectivity index (χ3v) is 8.00. The summed E-state index contributed by atoms with van der Waals surface area (Å²) in [7, 11) is 0. The third-order valence-electron chi connectivity index (χ3n) is 8.00. The molecule has 2 atom stereocenters. The summed E-state index contributed by atoms with van der Waals surface area (Å²) >= 11 is 0. The Hall–Kier alpha value is -2.16. The summed E-state index contributed by atoms with van der Waals surface area (Å²) < 4.78 is 37.8. The number of pyridine rings is 1. The first-order chi connectivity index (χ1) is 16.2. The van der Waals surface area contributed by atoms with Crippen LogP contribution in [0.3, 0.4) is 0 Å². The van der Waals surface area contributed by atoms with Crippen LogP contribution in [0.2, 0.25) is 0 Å². The molecule has 5 nitrogen and oxygen atoms in total. The number of fused-ring (bicyclic) bond motifs is 1. The molecule has 1 aromatic heterocycles. The number of piperidine rings is 1. The van der Waals surface area contributed by atoms with Gasteiger partial charge >= 0.3 is 6.18 Å². The first-order valence-corrected chi connectivity index (χ1v) is 12.3. The first kappa shape index (κ1) is 23.6. The molecule has 2 heterocycles. The molecule has 0 unspecified atom stereocenters. The van der Waals surface area contributed by atoms with Gasteiger partial charge in [0, 0.05) is 55.0 Å². The summed E-state index contributed by atoms with van der Waals surface area (Å²) in [5, 5.41) is 13.2. The molecule has 0 amide bonds. The quantitative estimate of drug-likeness (QED) is 0.560. The van der Waals surface area contributed by atoms with Crippen LogP contribution in [0.1, 0.15) is 49.7 Å². The first-order valence-electron chi connectivity index (χ1n) is 12.3. The fourth-order valence-electron chi connectivity index (χ4n) is 5.84. The van der Waals surface area contributed by atoms with Gasteiger partial charge in [0.05, 0.1) is 12.5 Å². The van der Waals surface area contributed by atoms with E-state index in [4.69, 9.17) is 5.73 Å². The number of nitrogen functional groups attached to an aromatic ring is 1. The van der Waals surface area contributed by atoms with Gasteiger partial charge in [0.15, 0.2) is 0 Å². The highest BCUT2D eigenvalue weighted by Crippen LogP contribution is 2.59. The van der Waals surface area contributed by atoms with E-state index in [2.05, 4.69) is 40.6 Å². The molecule has 3 aliphatic rings. The van der Waals surface area contributed by atoms with Crippen LogP contribution in [0.5, 0.6) is 0 Å². The van der Waals surface area contributed by atoms with Gasteiger partial charge in [-0.25, -0.2) is 4.98 Å². The molecule has 184 valence electrons. The minimum Gasteiger partial charge on any atom is -0.393 e. The molecule has 2 aliphatic carbocycles. The van der Waals surface area contributed by atoms with E-state index in [1.54, 1.807) is 6.20 Å². The zero-order valence-electron chi connectivity index (χ0n) is 19.3. The summed E-state index contributed by atoms with van der Waals surface area (Å²) in [5.41, 5.74) is 10.4. The van der Waals surface area contributed by atoms with Gasteiger partial charge in [-0.2, -0.15) is 13.2 Å². The maximum Gasteiger partial charge on any atom is 0.390 e. The second-order valence-corrected chi connectivity index (χ2v) is 10.4. The molecule has 0 bridgehead atoms. The number of aromatic nitrogens is 1. The van der Waals surface area contributed by atoms with Gasteiger partial charge in [-0.15, -0.1) is 0 Å².